The summed E-state index contributed by atoms with van der Waals surface area (Å²) in [5.41, 5.74) is -1.74. The number of nitrogens with zero attached hydrogens (tertiary/aromatic N) is 1. The van der Waals surface area contributed by atoms with E-state index in [2.05, 4.69) is 8.62 Å². The van der Waals surface area contributed by atoms with Crippen LogP contribution >= 0.6 is 23.5 Å². The number of phosphoric ester groups is 1. The molecule has 7 N–H and O–H groups in total. The fourth-order valence-corrected chi connectivity index (χ4v) is 6.16. The summed E-state index contributed by atoms with van der Waals surface area (Å²) in [6.07, 6.45) is -7.44. The van der Waals surface area contributed by atoms with Gasteiger partial charge in [0.25, 0.3) is 5.56 Å². The summed E-state index contributed by atoms with van der Waals surface area (Å²) < 4.78 is 52.6. The van der Waals surface area contributed by atoms with Crippen LogP contribution in [-0.2, 0) is 31.6 Å². The number of aromatic nitrogens is 2. The molecule has 3 unspecified atom stereocenters. The SMILES string of the molecule is CC(C)C(OP(=O)(O)OP(=O)(O)OP(=O)(O)O)[C@H]1O[C@@H](n2ccc(=O)[nH]c2=O)[C@H](O)[C@@H]1O. The van der Waals surface area contributed by atoms with Gasteiger partial charge in [-0.15, -0.1) is 0 Å². The molecule has 2 rings (SSSR count). The number of hydrogen-bond acceptors (Lipinski definition) is 11. The Morgan fingerprint density at radius 2 is 1.62 bits per heavy atom. The van der Waals surface area contributed by atoms with Gasteiger partial charge in [0.15, 0.2) is 6.23 Å². The molecule has 0 aromatic carbocycles. The summed E-state index contributed by atoms with van der Waals surface area (Å²) in [4.78, 5) is 61.2. The van der Waals surface area contributed by atoms with Gasteiger partial charge in [-0.05, 0) is 5.92 Å². The molecule has 1 aromatic rings. The van der Waals surface area contributed by atoms with Gasteiger partial charge in [0, 0.05) is 12.3 Å². The number of aliphatic hydroxyl groups is 2. The number of hydrogen-bond donors (Lipinski definition) is 7. The molecule has 0 amide bonds. The van der Waals surface area contributed by atoms with Gasteiger partial charge in [-0.3, -0.25) is 18.9 Å². The number of ether oxygens (including phenoxy) is 1. The second-order valence-electron chi connectivity index (χ2n) is 6.89. The normalized spacial score (nSPS) is 28.9. The minimum absolute atomic E-state index is 0.734. The Bertz CT molecular complexity index is 1080. The number of H-pyrrole nitrogens is 1. The van der Waals surface area contributed by atoms with Crippen molar-refractivity contribution in [2.45, 2.75) is 44.5 Å². The lowest BCUT2D eigenvalue weighted by Crippen LogP contribution is -2.42. The van der Waals surface area contributed by atoms with Crippen LogP contribution in [0.25, 0.3) is 0 Å². The quantitative estimate of drug-likeness (QED) is 0.181. The Morgan fingerprint density at radius 1 is 1.03 bits per heavy atom. The fraction of sp³-hybridized carbons (Fsp3) is 0.667. The van der Waals surface area contributed by atoms with Crippen molar-refractivity contribution in [3.8, 4) is 0 Å². The van der Waals surface area contributed by atoms with Gasteiger partial charge >= 0.3 is 29.2 Å². The minimum atomic E-state index is -5.79. The molecule has 1 aromatic heterocycles. The Kier molecular flexibility index (Phi) is 8.23. The van der Waals surface area contributed by atoms with Crippen LogP contribution in [0.1, 0.15) is 20.1 Å². The summed E-state index contributed by atoms with van der Waals surface area (Å²) in [7, 11) is -17.0. The highest BCUT2D eigenvalue weighted by Gasteiger charge is 2.51. The first-order valence-electron chi connectivity index (χ1n) is 8.58. The van der Waals surface area contributed by atoms with E-state index in [1.165, 1.54) is 13.8 Å². The number of nitrogens with one attached hydrogen (secondary N) is 1. The van der Waals surface area contributed by atoms with Gasteiger partial charge in [0.2, 0.25) is 0 Å². The van der Waals surface area contributed by atoms with Crippen LogP contribution in [0.5, 0.6) is 0 Å². The van der Waals surface area contributed by atoms with E-state index in [-0.39, 0.29) is 0 Å². The Balaban J connectivity index is 2.27. The molecule has 1 fully saturated rings. The number of rotatable bonds is 9. The highest BCUT2D eigenvalue weighted by molar-refractivity contribution is 7.66. The van der Waals surface area contributed by atoms with E-state index in [0.29, 0.717) is 0 Å². The first-order valence-corrected chi connectivity index (χ1v) is 13.1. The molecule has 17 nitrogen and oxygen atoms in total. The van der Waals surface area contributed by atoms with Crippen molar-refractivity contribution in [1.29, 1.82) is 0 Å². The molecule has 2 heterocycles. The maximum Gasteiger partial charge on any atom is 0.490 e. The van der Waals surface area contributed by atoms with E-state index in [1.54, 1.807) is 0 Å². The highest BCUT2D eigenvalue weighted by atomic mass is 31.3. The molecule has 0 radical (unpaired) electrons. The summed E-state index contributed by atoms with van der Waals surface area (Å²) >= 11 is 0. The van der Waals surface area contributed by atoms with E-state index in [4.69, 9.17) is 19.0 Å². The van der Waals surface area contributed by atoms with E-state index >= 15 is 0 Å². The zero-order valence-electron chi connectivity index (χ0n) is 16.3. The maximum absolute atomic E-state index is 12.2. The van der Waals surface area contributed by atoms with Crippen LogP contribution in [-0.4, -0.2) is 63.8 Å². The topological polar surface area (TPSA) is 264 Å². The van der Waals surface area contributed by atoms with E-state index in [0.717, 1.165) is 16.8 Å². The van der Waals surface area contributed by atoms with Gasteiger partial charge < -0.3 is 34.5 Å². The van der Waals surface area contributed by atoms with Crippen molar-refractivity contribution in [3.63, 3.8) is 0 Å². The second kappa shape index (κ2) is 9.68. The van der Waals surface area contributed by atoms with Crippen molar-refractivity contribution >= 4 is 23.5 Å². The molecule has 0 bridgehead atoms. The molecule has 1 saturated heterocycles. The molecular formula is C12H21N2O15P3. The first kappa shape index (κ1) is 27.2. The molecule has 0 aliphatic carbocycles. The van der Waals surface area contributed by atoms with Crippen molar-refractivity contribution in [2.75, 3.05) is 0 Å². The van der Waals surface area contributed by atoms with Crippen LogP contribution in [0.3, 0.4) is 0 Å². The second-order valence-corrected chi connectivity index (χ2v) is 11.3. The molecule has 0 saturated carbocycles. The monoisotopic (exact) mass is 526 g/mol. The van der Waals surface area contributed by atoms with Crippen molar-refractivity contribution in [2.24, 2.45) is 5.92 Å². The van der Waals surface area contributed by atoms with Crippen molar-refractivity contribution in [1.82, 2.24) is 9.55 Å². The average Bonchev–Trinajstić information content (AvgIpc) is 2.85. The van der Waals surface area contributed by atoms with Crippen LogP contribution in [0.4, 0.5) is 0 Å². The zero-order valence-corrected chi connectivity index (χ0v) is 18.9. The lowest BCUT2D eigenvalue weighted by atomic mass is 9.97. The van der Waals surface area contributed by atoms with Gasteiger partial charge in [0.05, 0.1) is 0 Å². The maximum atomic E-state index is 12.2. The smallest absolute Gasteiger partial charge is 0.387 e. The molecule has 1 aliphatic heterocycles. The zero-order chi connectivity index (χ0) is 24.6. The Labute approximate surface area is 178 Å². The van der Waals surface area contributed by atoms with Crippen LogP contribution in [0.2, 0.25) is 0 Å². The summed E-state index contributed by atoms with van der Waals surface area (Å²) in [5, 5.41) is 20.6. The number of aromatic amines is 1. The lowest BCUT2D eigenvalue weighted by Gasteiger charge is -2.30. The molecule has 1 aliphatic rings. The number of aliphatic hydroxyl groups excluding tert-OH is 2. The average molecular weight is 526 g/mol. The predicted molar refractivity (Wildman–Crippen MR) is 101 cm³/mol. The van der Waals surface area contributed by atoms with Crippen LogP contribution in [0, 0.1) is 5.92 Å². The summed E-state index contributed by atoms with van der Waals surface area (Å²) in [6.45, 7) is 2.80. The fourth-order valence-electron chi connectivity index (χ4n) is 2.83. The standard InChI is InChI=1S/C12H21N2O15P3/c1-5(2)9(27-31(22,23)29-32(24,25)28-30(19,20)21)10-7(16)8(17)11(26-10)14-4-3-6(15)13-12(14)18/h3-5,7-11,16-17H,1-2H3,(H,22,23)(H,24,25)(H,13,15,18)(H2,19,20,21)/t7-,8+,9?,10-,11+/m0/s1. The Hall–Kier alpha value is -1.03. The Morgan fingerprint density at radius 3 is 2.12 bits per heavy atom. The summed E-state index contributed by atoms with van der Waals surface area (Å²) in [6, 6.07) is 0.934. The third-order valence-corrected chi connectivity index (χ3v) is 7.89. The summed E-state index contributed by atoms with van der Waals surface area (Å²) in [5.74, 6) is -0.794. The molecule has 184 valence electrons. The first-order chi connectivity index (χ1) is 14.4. The third-order valence-electron chi connectivity index (χ3n) is 4.05. The van der Waals surface area contributed by atoms with Gasteiger partial charge in [-0.2, -0.15) is 8.62 Å². The van der Waals surface area contributed by atoms with E-state index in [1.807, 2.05) is 4.98 Å². The predicted octanol–water partition coefficient (Wildman–Crippen LogP) is -1.48. The molecule has 32 heavy (non-hydrogen) atoms. The number of phosphoric acid groups is 3. The van der Waals surface area contributed by atoms with E-state index < -0.39 is 71.3 Å². The third kappa shape index (κ3) is 6.98. The molecule has 7 atom stereocenters. The van der Waals surface area contributed by atoms with Gasteiger partial charge in [-0.25, -0.2) is 18.5 Å². The highest BCUT2D eigenvalue weighted by Crippen LogP contribution is 2.67. The van der Waals surface area contributed by atoms with Crippen LogP contribution in [0.15, 0.2) is 21.9 Å². The minimum Gasteiger partial charge on any atom is -0.387 e. The molecule has 0 spiro atoms. The van der Waals surface area contributed by atoms with Crippen LogP contribution < -0.4 is 11.2 Å². The van der Waals surface area contributed by atoms with Gasteiger partial charge in [0.1, 0.15) is 24.4 Å². The molecular weight excluding hydrogens is 505 g/mol. The molecule has 20 heteroatoms. The largest absolute Gasteiger partial charge is 0.490 e. The van der Waals surface area contributed by atoms with Crippen molar-refractivity contribution in [3.05, 3.63) is 33.1 Å². The van der Waals surface area contributed by atoms with Crippen molar-refractivity contribution < 1.29 is 61.4 Å². The lowest BCUT2D eigenvalue weighted by molar-refractivity contribution is -0.0951. The van der Waals surface area contributed by atoms with E-state index in [9.17, 15) is 43.3 Å². The van der Waals surface area contributed by atoms with Gasteiger partial charge in [-0.1, -0.05) is 13.8 Å².